The first kappa shape index (κ1) is 19.4. The van der Waals surface area contributed by atoms with E-state index in [1.807, 2.05) is 0 Å². The Morgan fingerprint density at radius 3 is 2.70 bits per heavy atom. The molecule has 0 bridgehead atoms. The van der Waals surface area contributed by atoms with Crippen molar-refractivity contribution in [2.45, 2.75) is 38.8 Å². The number of H-pyrrole nitrogens is 1. The fourth-order valence-electron chi connectivity index (χ4n) is 3.48. The second-order valence-electron chi connectivity index (χ2n) is 7.26. The lowest BCUT2D eigenvalue weighted by atomic mass is 10.1. The second kappa shape index (κ2) is 8.99. The summed E-state index contributed by atoms with van der Waals surface area (Å²) in [5, 5.41) is 10.1. The van der Waals surface area contributed by atoms with E-state index in [0.29, 0.717) is 19.1 Å². The third-order valence-electron chi connectivity index (χ3n) is 5.17. The van der Waals surface area contributed by atoms with Crippen LogP contribution in [0, 0.1) is 5.82 Å². The van der Waals surface area contributed by atoms with E-state index in [1.54, 1.807) is 30.3 Å². The Bertz CT molecular complexity index is 739. The minimum absolute atomic E-state index is 0.106. The largest absolute Gasteiger partial charge is 0.336 e. The van der Waals surface area contributed by atoms with Gasteiger partial charge < -0.3 is 10.2 Å². The molecule has 2 N–H and O–H groups in total. The molecule has 1 atom stereocenters. The number of aromatic nitrogens is 2. The van der Waals surface area contributed by atoms with Gasteiger partial charge in [0.25, 0.3) is 0 Å². The summed E-state index contributed by atoms with van der Waals surface area (Å²) in [6.45, 7) is 5.45. The molecule has 0 radical (unpaired) electrons. The van der Waals surface area contributed by atoms with E-state index in [1.165, 1.54) is 31.4 Å². The van der Waals surface area contributed by atoms with E-state index in [-0.39, 0.29) is 11.8 Å². The van der Waals surface area contributed by atoms with Crippen molar-refractivity contribution < 1.29 is 9.18 Å². The van der Waals surface area contributed by atoms with Crippen molar-refractivity contribution in [3.63, 3.8) is 0 Å². The molecule has 1 aromatic carbocycles. The number of nitrogens with zero attached hydrogens (tertiary/aromatic N) is 3. The van der Waals surface area contributed by atoms with Gasteiger partial charge in [0, 0.05) is 30.8 Å². The Balaban J connectivity index is 1.54. The van der Waals surface area contributed by atoms with Crippen LogP contribution in [0.2, 0.25) is 0 Å². The van der Waals surface area contributed by atoms with E-state index in [9.17, 15) is 9.18 Å². The van der Waals surface area contributed by atoms with E-state index >= 15 is 0 Å². The smallest absolute Gasteiger partial charge is 0.317 e. The first-order chi connectivity index (χ1) is 13.0. The lowest BCUT2D eigenvalue weighted by Gasteiger charge is -2.32. The number of aromatic amines is 1. The summed E-state index contributed by atoms with van der Waals surface area (Å²) in [6.07, 6.45) is 5.49. The maximum Gasteiger partial charge on any atom is 0.317 e. The van der Waals surface area contributed by atoms with Gasteiger partial charge in [-0.05, 0) is 57.1 Å². The van der Waals surface area contributed by atoms with Gasteiger partial charge >= 0.3 is 6.03 Å². The number of carbonyl (C=O) groups excluding carboxylic acids is 1. The average Bonchev–Trinajstić information content (AvgIpc) is 3.15. The van der Waals surface area contributed by atoms with Crippen molar-refractivity contribution >= 4 is 6.03 Å². The Morgan fingerprint density at radius 1 is 1.30 bits per heavy atom. The van der Waals surface area contributed by atoms with Gasteiger partial charge in [-0.2, -0.15) is 5.10 Å². The average molecular weight is 373 g/mol. The van der Waals surface area contributed by atoms with Gasteiger partial charge in [-0.3, -0.25) is 10.00 Å². The van der Waals surface area contributed by atoms with Crippen LogP contribution in [0.15, 0.2) is 30.5 Å². The highest BCUT2D eigenvalue weighted by atomic mass is 19.1. The molecule has 1 aliphatic heterocycles. The van der Waals surface area contributed by atoms with Crippen LogP contribution in [0.4, 0.5) is 9.18 Å². The normalized spacial score (nSPS) is 16.1. The topological polar surface area (TPSA) is 64.3 Å². The number of likely N-dealkylation sites (tertiary alicyclic amines) is 1. The van der Waals surface area contributed by atoms with Gasteiger partial charge in [-0.25, -0.2) is 9.18 Å². The summed E-state index contributed by atoms with van der Waals surface area (Å²) in [7, 11) is 1.77. The SMILES string of the molecule is CC(CNC(=O)N(C)Cc1cn[nH]c1-c1ccc(F)cc1)N1CCCCC1. The van der Waals surface area contributed by atoms with Crippen molar-refractivity contribution in [2.24, 2.45) is 0 Å². The minimum atomic E-state index is -0.279. The van der Waals surface area contributed by atoms with Gasteiger partial charge in [-0.1, -0.05) is 6.42 Å². The summed E-state index contributed by atoms with van der Waals surface area (Å²) >= 11 is 0. The second-order valence-corrected chi connectivity index (χ2v) is 7.26. The Kier molecular flexibility index (Phi) is 6.45. The van der Waals surface area contributed by atoms with E-state index < -0.39 is 0 Å². The fraction of sp³-hybridized carbons (Fsp3) is 0.500. The summed E-state index contributed by atoms with van der Waals surface area (Å²) in [5.74, 6) is -0.279. The van der Waals surface area contributed by atoms with E-state index in [0.717, 1.165) is 29.9 Å². The van der Waals surface area contributed by atoms with Crippen LogP contribution in [0.25, 0.3) is 11.3 Å². The van der Waals surface area contributed by atoms with Crippen LogP contribution in [-0.2, 0) is 6.54 Å². The van der Waals surface area contributed by atoms with E-state index in [2.05, 4.69) is 27.3 Å². The fourth-order valence-corrected chi connectivity index (χ4v) is 3.48. The highest BCUT2D eigenvalue weighted by Crippen LogP contribution is 2.22. The third kappa shape index (κ3) is 5.07. The highest BCUT2D eigenvalue weighted by Gasteiger charge is 2.19. The number of rotatable bonds is 6. The Hall–Kier alpha value is -2.41. The molecule has 2 heterocycles. The molecule has 1 fully saturated rings. The summed E-state index contributed by atoms with van der Waals surface area (Å²) in [5.41, 5.74) is 2.54. The van der Waals surface area contributed by atoms with Crippen LogP contribution < -0.4 is 5.32 Å². The van der Waals surface area contributed by atoms with Gasteiger partial charge in [0.1, 0.15) is 5.82 Å². The van der Waals surface area contributed by atoms with Crippen LogP contribution in [0.1, 0.15) is 31.7 Å². The lowest BCUT2D eigenvalue weighted by molar-refractivity contribution is 0.165. The molecule has 146 valence electrons. The maximum atomic E-state index is 13.1. The first-order valence-corrected chi connectivity index (χ1v) is 9.56. The molecule has 1 aliphatic rings. The van der Waals surface area contributed by atoms with Gasteiger partial charge in [0.05, 0.1) is 18.4 Å². The van der Waals surface area contributed by atoms with Crippen molar-refractivity contribution in [1.82, 2.24) is 25.3 Å². The number of amides is 2. The van der Waals surface area contributed by atoms with Crippen LogP contribution in [0.5, 0.6) is 0 Å². The molecular weight excluding hydrogens is 345 g/mol. The maximum absolute atomic E-state index is 13.1. The molecule has 1 aromatic heterocycles. The Labute approximate surface area is 159 Å². The molecule has 2 aromatic rings. The number of piperidine rings is 1. The summed E-state index contributed by atoms with van der Waals surface area (Å²) in [4.78, 5) is 16.5. The van der Waals surface area contributed by atoms with Crippen LogP contribution >= 0.6 is 0 Å². The van der Waals surface area contributed by atoms with Gasteiger partial charge in [0.15, 0.2) is 0 Å². The monoisotopic (exact) mass is 373 g/mol. The first-order valence-electron chi connectivity index (χ1n) is 9.56. The molecule has 1 saturated heterocycles. The highest BCUT2D eigenvalue weighted by molar-refractivity contribution is 5.74. The zero-order chi connectivity index (χ0) is 19.2. The van der Waals surface area contributed by atoms with Crippen LogP contribution in [0.3, 0.4) is 0 Å². The minimum Gasteiger partial charge on any atom is -0.336 e. The summed E-state index contributed by atoms with van der Waals surface area (Å²) < 4.78 is 13.1. The molecule has 1 unspecified atom stereocenters. The predicted octanol–water partition coefficient (Wildman–Crippen LogP) is 3.23. The molecule has 0 spiro atoms. The number of hydrogen-bond acceptors (Lipinski definition) is 3. The number of hydrogen-bond donors (Lipinski definition) is 2. The van der Waals surface area contributed by atoms with Crippen molar-refractivity contribution in [2.75, 3.05) is 26.7 Å². The third-order valence-corrected chi connectivity index (χ3v) is 5.17. The standard InChI is InChI=1S/C20H28FN5O/c1-15(26-10-4-3-5-11-26)12-22-20(27)25(2)14-17-13-23-24-19(17)16-6-8-18(21)9-7-16/h6-9,13,15H,3-5,10-12,14H2,1-2H3,(H,22,27)(H,23,24). The molecule has 0 aliphatic carbocycles. The number of nitrogens with one attached hydrogen (secondary N) is 2. The van der Waals surface area contributed by atoms with Crippen molar-refractivity contribution in [3.8, 4) is 11.3 Å². The molecular formula is C20H28FN5O. The summed E-state index contributed by atoms with van der Waals surface area (Å²) in [6, 6.07) is 6.47. The molecule has 7 heteroatoms. The van der Waals surface area contributed by atoms with Gasteiger partial charge in [0.2, 0.25) is 0 Å². The van der Waals surface area contributed by atoms with Crippen LogP contribution in [-0.4, -0.2) is 58.8 Å². The van der Waals surface area contributed by atoms with Crippen molar-refractivity contribution in [1.29, 1.82) is 0 Å². The Morgan fingerprint density at radius 2 is 2.00 bits per heavy atom. The number of halogens is 1. The molecule has 0 saturated carbocycles. The molecule has 27 heavy (non-hydrogen) atoms. The van der Waals surface area contributed by atoms with Gasteiger partial charge in [-0.15, -0.1) is 0 Å². The number of urea groups is 1. The number of carbonyl (C=O) groups is 1. The zero-order valence-electron chi connectivity index (χ0n) is 16.0. The number of benzene rings is 1. The zero-order valence-corrected chi connectivity index (χ0v) is 16.0. The molecule has 6 nitrogen and oxygen atoms in total. The predicted molar refractivity (Wildman–Crippen MR) is 104 cm³/mol. The molecule has 3 rings (SSSR count). The molecule has 2 amide bonds. The van der Waals surface area contributed by atoms with E-state index in [4.69, 9.17) is 0 Å². The quantitative estimate of drug-likeness (QED) is 0.817. The van der Waals surface area contributed by atoms with Crippen molar-refractivity contribution in [3.05, 3.63) is 41.8 Å². The lowest BCUT2D eigenvalue weighted by Crippen LogP contribution is -2.47.